The van der Waals surface area contributed by atoms with Crippen LogP contribution in [0.4, 0.5) is 5.82 Å². The third-order valence-electron chi connectivity index (χ3n) is 9.64. The van der Waals surface area contributed by atoms with Gasteiger partial charge in [0.25, 0.3) is 11.8 Å². The van der Waals surface area contributed by atoms with E-state index in [2.05, 4.69) is 19.9 Å². The van der Waals surface area contributed by atoms with Gasteiger partial charge in [-0.25, -0.2) is 15.0 Å². The van der Waals surface area contributed by atoms with Gasteiger partial charge in [-0.2, -0.15) is 0 Å². The molecule has 0 bridgehead atoms. The van der Waals surface area contributed by atoms with Crippen molar-refractivity contribution in [2.24, 2.45) is 0 Å². The molecule has 4 aromatic heterocycles. The molecule has 0 radical (unpaired) electrons. The van der Waals surface area contributed by atoms with E-state index >= 15 is 0 Å². The van der Waals surface area contributed by atoms with E-state index in [0.29, 0.717) is 54.8 Å². The summed E-state index contributed by atoms with van der Waals surface area (Å²) in [5.41, 5.74) is 9.55. The second-order valence-corrected chi connectivity index (χ2v) is 12.1. The monoisotopic (exact) mass is 648 g/mol. The number of amides is 2. The van der Waals surface area contributed by atoms with E-state index in [1.165, 1.54) is 17.6 Å². The van der Waals surface area contributed by atoms with Gasteiger partial charge in [0, 0.05) is 40.2 Å². The van der Waals surface area contributed by atoms with E-state index in [0.717, 1.165) is 0 Å². The van der Waals surface area contributed by atoms with E-state index in [1.54, 1.807) is 27.3 Å². The fourth-order valence-electron chi connectivity index (χ4n) is 7.41. The van der Waals surface area contributed by atoms with Crippen molar-refractivity contribution in [3.63, 3.8) is 0 Å². The zero-order valence-electron chi connectivity index (χ0n) is 25.1. The van der Waals surface area contributed by atoms with Gasteiger partial charge in [0.1, 0.15) is 36.3 Å². The highest BCUT2D eigenvalue weighted by atomic mass is 16.6. The number of hydrogen-bond donors (Lipinski definition) is 6. The highest BCUT2D eigenvalue weighted by molar-refractivity contribution is 6.39. The number of aromatic nitrogens is 6. The summed E-state index contributed by atoms with van der Waals surface area (Å²) in [7, 11) is 0. The Hall–Kier alpha value is -5.45. The summed E-state index contributed by atoms with van der Waals surface area (Å²) in [5, 5.41) is 44.9. The first-order valence-electron chi connectivity index (χ1n) is 15.4. The molecule has 48 heavy (non-hydrogen) atoms. The van der Waals surface area contributed by atoms with Gasteiger partial charge in [0.05, 0.1) is 40.6 Å². The van der Waals surface area contributed by atoms with Crippen molar-refractivity contribution < 1.29 is 34.8 Å². The van der Waals surface area contributed by atoms with Crippen molar-refractivity contribution in [1.29, 1.82) is 0 Å². The van der Waals surface area contributed by atoms with Crippen LogP contribution in [0.1, 0.15) is 26.9 Å². The number of ether oxygens (including phenoxy) is 1. The molecule has 7 N–H and O–H groups in total. The van der Waals surface area contributed by atoms with Crippen LogP contribution < -0.4 is 5.73 Å². The quantitative estimate of drug-likeness (QED) is 0.147. The molecule has 0 saturated carbocycles. The molecular weight excluding hydrogens is 620 g/mol. The molecule has 2 aliphatic rings. The van der Waals surface area contributed by atoms with Gasteiger partial charge >= 0.3 is 0 Å². The zero-order chi connectivity index (χ0) is 33.0. The normalized spacial score (nSPS) is 23.1. The average molecular weight is 649 g/mol. The lowest BCUT2D eigenvalue weighted by Crippen LogP contribution is -2.56. The van der Waals surface area contributed by atoms with Crippen molar-refractivity contribution in [3.8, 4) is 0 Å². The molecule has 242 valence electrons. The molecule has 0 spiro atoms. The number of carbonyl (C=O) groups is 2. The van der Waals surface area contributed by atoms with Crippen LogP contribution in [0, 0.1) is 0 Å². The van der Waals surface area contributed by atoms with Crippen LogP contribution in [0.2, 0.25) is 0 Å². The first kappa shape index (κ1) is 28.7. The van der Waals surface area contributed by atoms with Crippen LogP contribution in [0.15, 0.2) is 61.2 Å². The highest BCUT2D eigenvalue weighted by Gasteiger charge is 2.47. The Balaban J connectivity index is 1.29. The summed E-state index contributed by atoms with van der Waals surface area (Å²) in [6.07, 6.45) is -4.38. The number of benzene rings is 3. The number of nitrogens with one attached hydrogen (secondary N) is 1. The van der Waals surface area contributed by atoms with Gasteiger partial charge in [-0.05, 0) is 12.1 Å². The molecule has 15 nitrogen and oxygen atoms in total. The van der Waals surface area contributed by atoms with Gasteiger partial charge in [-0.1, -0.05) is 36.4 Å². The number of aromatic amines is 1. The third-order valence-corrected chi connectivity index (χ3v) is 9.64. The summed E-state index contributed by atoms with van der Waals surface area (Å²) >= 11 is 0. The summed E-state index contributed by atoms with van der Waals surface area (Å²) in [6, 6.07) is 14.6. The van der Waals surface area contributed by atoms with E-state index in [9.17, 15) is 30.0 Å². The van der Waals surface area contributed by atoms with E-state index in [4.69, 9.17) is 10.5 Å². The van der Waals surface area contributed by atoms with Crippen molar-refractivity contribution in [1.82, 2.24) is 34.0 Å². The van der Waals surface area contributed by atoms with E-state index in [1.807, 2.05) is 30.3 Å². The topological polar surface area (TPSA) is 218 Å². The fraction of sp³-hybridized carbons (Fsp3) is 0.242. The maximum Gasteiger partial charge on any atom is 0.262 e. The van der Waals surface area contributed by atoms with Crippen LogP contribution >= 0.6 is 0 Å². The van der Waals surface area contributed by atoms with Gasteiger partial charge < -0.3 is 45.0 Å². The molecule has 5 atom stereocenters. The lowest BCUT2D eigenvalue weighted by molar-refractivity contribution is -0.249. The molecular formula is C33H28N8O7. The summed E-state index contributed by atoms with van der Waals surface area (Å²) < 4.78 is 9.46. The summed E-state index contributed by atoms with van der Waals surface area (Å²) in [4.78, 5) is 46.1. The zero-order valence-corrected chi connectivity index (χ0v) is 25.1. The Labute approximate surface area is 269 Å². The minimum absolute atomic E-state index is 0.0123. The first-order valence-corrected chi connectivity index (χ1v) is 15.4. The Morgan fingerprint density at radius 2 is 1.58 bits per heavy atom. The lowest BCUT2D eigenvalue weighted by atomic mass is 9.96. The second-order valence-electron chi connectivity index (χ2n) is 12.1. The number of carbonyl (C=O) groups excluding carboxylic acids is 2. The second kappa shape index (κ2) is 10.3. The number of aliphatic hydroxyl groups is 4. The number of aliphatic hydroxyl groups excluding tert-OH is 4. The molecule has 3 aromatic carbocycles. The minimum Gasteiger partial charge on any atom is -0.394 e. The first-order chi connectivity index (χ1) is 23.3. The highest BCUT2D eigenvalue weighted by Crippen LogP contribution is 2.47. The largest absolute Gasteiger partial charge is 0.394 e. The molecule has 15 heteroatoms. The number of anilines is 1. The van der Waals surface area contributed by atoms with Gasteiger partial charge in [0.15, 0.2) is 17.7 Å². The average Bonchev–Trinajstić information content (AvgIpc) is 3.84. The van der Waals surface area contributed by atoms with Gasteiger partial charge in [-0.3, -0.25) is 14.5 Å². The predicted molar refractivity (Wildman–Crippen MR) is 173 cm³/mol. The summed E-state index contributed by atoms with van der Waals surface area (Å²) in [6.45, 7) is -0.397. The SMILES string of the molecule is Nc1ncnc2c1ncn2CCN1C(=O)c2c(c3c4ccccc4n([C@@H]4O[C@H](CO)[C@@H](O)[C@H](O)[C@H]4O)c3c3[nH]c4ccccc4c23)C1=O. The number of nitrogens with zero attached hydrogens (tertiary/aromatic N) is 6. The van der Waals surface area contributed by atoms with Crippen molar-refractivity contribution >= 4 is 72.4 Å². The van der Waals surface area contributed by atoms with Gasteiger partial charge in [-0.15, -0.1) is 0 Å². The number of hydrogen-bond acceptors (Lipinski definition) is 11. The Bertz CT molecular complexity index is 2480. The smallest absolute Gasteiger partial charge is 0.262 e. The van der Waals surface area contributed by atoms with Crippen molar-refractivity contribution in [3.05, 3.63) is 72.3 Å². The minimum atomic E-state index is -1.64. The van der Waals surface area contributed by atoms with Crippen LogP contribution in [0.25, 0.3) is 54.8 Å². The molecule has 1 saturated heterocycles. The molecule has 9 rings (SSSR count). The Morgan fingerprint density at radius 1 is 0.854 bits per heavy atom. The van der Waals surface area contributed by atoms with Crippen LogP contribution in [0.5, 0.6) is 0 Å². The fourth-order valence-corrected chi connectivity index (χ4v) is 7.41. The van der Waals surface area contributed by atoms with E-state index < -0.39 is 49.1 Å². The number of nitrogens with two attached hydrogens (primary N) is 1. The molecule has 2 amide bonds. The van der Waals surface area contributed by atoms with Crippen molar-refractivity contribution in [2.75, 3.05) is 18.9 Å². The molecule has 6 heterocycles. The van der Waals surface area contributed by atoms with Gasteiger partial charge in [0.2, 0.25) is 0 Å². The molecule has 7 aromatic rings. The Kier molecular flexibility index (Phi) is 6.15. The maximum atomic E-state index is 14.5. The van der Waals surface area contributed by atoms with Crippen molar-refractivity contribution in [2.45, 2.75) is 37.2 Å². The standard InChI is InChI=1S/C33H28N8O7/c34-29-24-30(36-12-35-29)39(13-37-24)9-10-40-31(46)21-19-14-5-1-3-7-16(14)38-23(19)25-20(22(21)32(40)47)15-6-2-4-8-17(15)41(25)33-28(45)27(44)26(43)18(11-42)48-33/h1-8,12-13,18,26-28,33,38,42-45H,9-11H2,(H2,34,35,36)/t18-,26-,27+,28-,33-/m1/s1. The number of nitrogen functional groups attached to an aromatic ring is 1. The van der Waals surface area contributed by atoms with Crippen LogP contribution in [-0.2, 0) is 11.3 Å². The van der Waals surface area contributed by atoms with E-state index in [-0.39, 0.29) is 30.0 Å². The van der Waals surface area contributed by atoms with Crippen LogP contribution in [0.3, 0.4) is 0 Å². The third kappa shape index (κ3) is 3.72. The molecule has 1 fully saturated rings. The number of H-pyrrole nitrogens is 1. The number of imidazole rings is 1. The number of rotatable bonds is 5. The lowest BCUT2D eigenvalue weighted by Gasteiger charge is -2.41. The number of fused-ring (bicyclic) bond motifs is 11. The molecule has 0 aliphatic carbocycles. The predicted octanol–water partition coefficient (Wildman–Crippen LogP) is 1.42. The molecule has 2 aliphatic heterocycles. The van der Waals surface area contributed by atoms with Crippen LogP contribution in [-0.4, -0.2) is 104 Å². The molecule has 0 unspecified atom stereocenters. The number of imide groups is 1. The maximum absolute atomic E-state index is 14.5. The Morgan fingerprint density at radius 3 is 2.38 bits per heavy atom. The number of para-hydroxylation sites is 2. The summed E-state index contributed by atoms with van der Waals surface area (Å²) in [5.74, 6) is -0.739.